The van der Waals surface area contributed by atoms with Gasteiger partial charge in [0.25, 0.3) is 0 Å². The van der Waals surface area contributed by atoms with Crippen LogP contribution in [0.2, 0.25) is 0 Å². The number of ether oxygens (including phenoxy) is 1. The molecule has 1 fully saturated rings. The van der Waals surface area contributed by atoms with Gasteiger partial charge >= 0.3 is 6.03 Å². The van der Waals surface area contributed by atoms with Gasteiger partial charge in [0.15, 0.2) is 5.11 Å². The van der Waals surface area contributed by atoms with E-state index in [1.807, 2.05) is 12.1 Å². The predicted octanol–water partition coefficient (Wildman–Crippen LogP) is 2.13. The Morgan fingerprint density at radius 1 is 1.33 bits per heavy atom. The van der Waals surface area contributed by atoms with Gasteiger partial charge in [-0.3, -0.25) is 5.43 Å². The average molecular weight is 373 g/mol. The fourth-order valence-corrected chi connectivity index (χ4v) is 2.26. The Morgan fingerprint density at radius 2 is 2.10 bits per heavy atom. The van der Waals surface area contributed by atoms with Crippen LogP contribution < -0.4 is 21.5 Å². The van der Waals surface area contributed by atoms with Gasteiger partial charge in [-0.15, -0.1) is 0 Å². The smallest absolute Gasteiger partial charge is 0.337 e. The van der Waals surface area contributed by atoms with Gasteiger partial charge < -0.3 is 15.4 Å². The molecule has 0 aromatic heterocycles. The van der Waals surface area contributed by atoms with Crippen LogP contribution in [0.25, 0.3) is 0 Å². The summed E-state index contributed by atoms with van der Waals surface area (Å²) in [5, 5.41) is 6.03. The first-order chi connectivity index (χ1) is 10.1. The van der Waals surface area contributed by atoms with E-state index in [-0.39, 0.29) is 6.10 Å². The van der Waals surface area contributed by atoms with E-state index < -0.39 is 6.03 Å². The molecular formula is C13H17BrN4O2S. The van der Waals surface area contributed by atoms with Crippen LogP contribution in [0.1, 0.15) is 12.8 Å². The highest BCUT2D eigenvalue weighted by Crippen LogP contribution is 2.13. The second kappa shape index (κ2) is 8.16. The van der Waals surface area contributed by atoms with Gasteiger partial charge in [0.2, 0.25) is 0 Å². The van der Waals surface area contributed by atoms with Crippen molar-refractivity contribution in [1.29, 1.82) is 0 Å². The molecule has 114 valence electrons. The Bertz CT molecular complexity index is 491. The van der Waals surface area contributed by atoms with Crippen LogP contribution in [0.5, 0.6) is 0 Å². The highest BCUT2D eigenvalue weighted by atomic mass is 79.9. The van der Waals surface area contributed by atoms with Crippen molar-refractivity contribution in [1.82, 2.24) is 16.2 Å². The van der Waals surface area contributed by atoms with Crippen molar-refractivity contribution >= 4 is 45.0 Å². The number of amides is 2. The fourth-order valence-electron chi connectivity index (χ4n) is 1.87. The maximum Gasteiger partial charge on any atom is 0.337 e. The van der Waals surface area contributed by atoms with Gasteiger partial charge in [-0.25, -0.2) is 10.2 Å². The Labute approximate surface area is 137 Å². The zero-order valence-electron chi connectivity index (χ0n) is 11.3. The van der Waals surface area contributed by atoms with Gasteiger partial charge in [0, 0.05) is 23.3 Å². The van der Waals surface area contributed by atoms with E-state index in [0.29, 0.717) is 17.3 Å². The molecule has 1 aliphatic heterocycles. The second-order valence-electron chi connectivity index (χ2n) is 4.56. The van der Waals surface area contributed by atoms with Crippen LogP contribution >= 0.6 is 28.1 Å². The molecule has 0 spiro atoms. The van der Waals surface area contributed by atoms with Crippen molar-refractivity contribution in [3.8, 4) is 0 Å². The number of hydrogen-bond acceptors (Lipinski definition) is 3. The molecule has 1 unspecified atom stereocenters. The molecule has 1 aliphatic rings. The molecule has 0 aliphatic carbocycles. The number of hydrazine groups is 1. The number of benzene rings is 1. The van der Waals surface area contributed by atoms with Crippen LogP contribution in [0, 0.1) is 0 Å². The van der Waals surface area contributed by atoms with Crippen LogP contribution in [0.4, 0.5) is 10.5 Å². The van der Waals surface area contributed by atoms with Gasteiger partial charge in [-0.2, -0.15) is 0 Å². The summed E-state index contributed by atoms with van der Waals surface area (Å²) in [5.74, 6) is 0. The monoisotopic (exact) mass is 372 g/mol. The molecule has 1 aromatic rings. The van der Waals surface area contributed by atoms with Gasteiger partial charge in [0.1, 0.15) is 0 Å². The molecule has 1 atom stereocenters. The zero-order valence-corrected chi connectivity index (χ0v) is 13.7. The second-order valence-corrected chi connectivity index (χ2v) is 5.88. The van der Waals surface area contributed by atoms with E-state index in [4.69, 9.17) is 17.0 Å². The highest BCUT2D eigenvalue weighted by Gasteiger charge is 2.15. The number of hydrogen-bond donors (Lipinski definition) is 4. The van der Waals surface area contributed by atoms with Crippen molar-refractivity contribution < 1.29 is 9.53 Å². The molecule has 1 saturated heterocycles. The number of thiocarbonyl (C=S) groups is 1. The molecule has 8 heteroatoms. The quantitative estimate of drug-likeness (QED) is 0.483. The molecule has 4 N–H and O–H groups in total. The Balaban J connectivity index is 1.63. The van der Waals surface area contributed by atoms with E-state index in [9.17, 15) is 4.79 Å². The van der Waals surface area contributed by atoms with Crippen LogP contribution in [0.3, 0.4) is 0 Å². The molecule has 0 radical (unpaired) electrons. The fraction of sp³-hybridized carbons (Fsp3) is 0.385. The maximum atomic E-state index is 11.7. The lowest BCUT2D eigenvalue weighted by Gasteiger charge is -2.14. The number of rotatable bonds is 3. The molecule has 2 amide bonds. The van der Waals surface area contributed by atoms with Crippen molar-refractivity contribution in [3.05, 3.63) is 28.7 Å². The minimum atomic E-state index is -0.390. The molecule has 2 rings (SSSR count). The Hall–Kier alpha value is -1.38. The van der Waals surface area contributed by atoms with E-state index in [1.54, 1.807) is 12.1 Å². The van der Waals surface area contributed by atoms with Gasteiger partial charge in [0.05, 0.1) is 6.10 Å². The van der Waals surface area contributed by atoms with Crippen LogP contribution in [-0.2, 0) is 4.74 Å². The number of halogens is 1. The van der Waals surface area contributed by atoms with Crippen molar-refractivity contribution in [3.63, 3.8) is 0 Å². The predicted molar refractivity (Wildman–Crippen MR) is 89.0 cm³/mol. The first kappa shape index (κ1) is 16.0. The summed E-state index contributed by atoms with van der Waals surface area (Å²) in [5.41, 5.74) is 5.79. The lowest BCUT2D eigenvalue weighted by molar-refractivity contribution is 0.114. The molecule has 0 bridgehead atoms. The van der Waals surface area contributed by atoms with Crippen LogP contribution in [0.15, 0.2) is 28.7 Å². The van der Waals surface area contributed by atoms with E-state index >= 15 is 0 Å². The molecule has 6 nitrogen and oxygen atoms in total. The summed E-state index contributed by atoms with van der Waals surface area (Å²) in [4.78, 5) is 11.7. The number of carbonyl (C=O) groups excluding carboxylic acids is 1. The summed E-state index contributed by atoms with van der Waals surface area (Å²) >= 11 is 8.39. The number of carbonyl (C=O) groups is 1. The minimum absolute atomic E-state index is 0.196. The summed E-state index contributed by atoms with van der Waals surface area (Å²) in [6.07, 6.45) is 2.31. The van der Waals surface area contributed by atoms with E-state index in [2.05, 4.69) is 37.4 Å². The zero-order chi connectivity index (χ0) is 15.1. The third kappa shape index (κ3) is 5.86. The highest BCUT2D eigenvalue weighted by molar-refractivity contribution is 9.10. The van der Waals surface area contributed by atoms with Crippen LogP contribution in [-0.4, -0.2) is 30.4 Å². The first-order valence-corrected chi connectivity index (χ1v) is 7.81. The SMILES string of the molecule is O=C(NNC(=S)NCC1CCCO1)Nc1ccc(Br)cc1. The minimum Gasteiger partial charge on any atom is -0.376 e. The van der Waals surface area contributed by atoms with Gasteiger partial charge in [-0.1, -0.05) is 15.9 Å². The lowest BCUT2D eigenvalue weighted by Crippen LogP contribution is -2.49. The topological polar surface area (TPSA) is 74.4 Å². The third-order valence-corrected chi connectivity index (χ3v) is 3.68. The Kier molecular flexibility index (Phi) is 6.21. The van der Waals surface area contributed by atoms with Crippen molar-refractivity contribution in [2.45, 2.75) is 18.9 Å². The summed E-state index contributed by atoms with van der Waals surface area (Å²) in [7, 11) is 0. The molecule has 0 saturated carbocycles. The number of nitrogens with one attached hydrogen (secondary N) is 4. The summed E-state index contributed by atoms with van der Waals surface area (Å²) in [6, 6.07) is 6.88. The molecular weight excluding hydrogens is 356 g/mol. The van der Waals surface area contributed by atoms with Crippen molar-refractivity contribution in [2.24, 2.45) is 0 Å². The number of urea groups is 1. The standard InChI is InChI=1S/C13H17BrN4O2S/c14-9-3-5-10(6-4-9)16-12(19)17-18-13(21)15-8-11-2-1-7-20-11/h3-6,11H,1-2,7-8H2,(H2,15,18,21)(H2,16,17,19). The summed E-state index contributed by atoms with van der Waals surface area (Å²) in [6.45, 7) is 1.45. The first-order valence-electron chi connectivity index (χ1n) is 6.61. The molecule has 1 aromatic carbocycles. The van der Waals surface area contributed by atoms with E-state index in [0.717, 1.165) is 23.9 Å². The summed E-state index contributed by atoms with van der Waals surface area (Å²) < 4.78 is 6.41. The van der Waals surface area contributed by atoms with Crippen molar-refractivity contribution in [2.75, 3.05) is 18.5 Å². The normalized spacial score (nSPS) is 17.1. The maximum absolute atomic E-state index is 11.7. The van der Waals surface area contributed by atoms with E-state index in [1.165, 1.54) is 0 Å². The number of anilines is 1. The lowest BCUT2D eigenvalue weighted by atomic mass is 10.2. The molecule has 1 heterocycles. The van der Waals surface area contributed by atoms with Gasteiger partial charge in [-0.05, 0) is 49.3 Å². The third-order valence-electron chi connectivity index (χ3n) is 2.91. The molecule has 21 heavy (non-hydrogen) atoms. The Morgan fingerprint density at radius 3 is 2.76 bits per heavy atom. The average Bonchev–Trinajstić information content (AvgIpc) is 2.99. The largest absolute Gasteiger partial charge is 0.376 e.